The molecular formula is C27H37N5O2. The second-order valence-corrected chi connectivity index (χ2v) is 11.8. The second-order valence-electron chi connectivity index (χ2n) is 11.8. The van der Waals surface area contributed by atoms with E-state index < -0.39 is 6.23 Å². The van der Waals surface area contributed by atoms with Crippen LogP contribution in [-0.2, 0) is 4.74 Å². The minimum atomic E-state index is -1.07. The number of hydrogen-bond donors (Lipinski definition) is 3. The second kappa shape index (κ2) is 8.83. The van der Waals surface area contributed by atoms with Crippen LogP contribution in [0.4, 0.5) is 5.69 Å². The number of ether oxygens (including phenoxy) is 1. The lowest BCUT2D eigenvalue weighted by Crippen LogP contribution is -2.44. The number of imidazole rings is 1. The number of H-pyrrole nitrogens is 1. The van der Waals surface area contributed by atoms with Crippen LogP contribution in [0.15, 0.2) is 24.4 Å². The zero-order valence-corrected chi connectivity index (χ0v) is 21.2. The Kier molecular flexibility index (Phi) is 6.34. The van der Waals surface area contributed by atoms with Crippen molar-refractivity contribution in [2.75, 3.05) is 5.32 Å². The van der Waals surface area contributed by atoms with E-state index in [0.29, 0.717) is 17.4 Å². The van der Waals surface area contributed by atoms with Crippen molar-refractivity contribution in [1.29, 1.82) is 5.26 Å². The number of rotatable bonds is 5. The number of aliphatic hydroxyl groups excluding tert-OH is 1. The molecule has 1 saturated heterocycles. The first-order valence-corrected chi connectivity index (χ1v) is 12.2. The zero-order chi connectivity index (χ0) is 24.7. The van der Waals surface area contributed by atoms with Crippen LogP contribution in [-0.4, -0.2) is 31.3 Å². The lowest BCUT2D eigenvalue weighted by molar-refractivity contribution is -0.162. The summed E-state index contributed by atoms with van der Waals surface area (Å²) in [6.07, 6.45) is 7.49. The van der Waals surface area contributed by atoms with E-state index in [4.69, 9.17) is 15.0 Å². The Bertz CT molecular complexity index is 1110. The predicted octanol–water partition coefficient (Wildman–Crippen LogP) is 5.82. The van der Waals surface area contributed by atoms with Crippen molar-refractivity contribution in [2.45, 2.75) is 97.0 Å². The summed E-state index contributed by atoms with van der Waals surface area (Å²) in [5.74, 6) is 0.596. The largest absolute Gasteiger partial charge is 0.370 e. The van der Waals surface area contributed by atoms with E-state index in [2.05, 4.69) is 69.0 Å². The van der Waals surface area contributed by atoms with Crippen molar-refractivity contribution < 1.29 is 9.84 Å². The third kappa shape index (κ3) is 5.51. The Morgan fingerprint density at radius 3 is 2.47 bits per heavy atom. The first-order valence-electron chi connectivity index (χ1n) is 12.2. The maximum absolute atomic E-state index is 10.8. The zero-order valence-electron chi connectivity index (χ0n) is 21.2. The number of aliphatic hydroxyl groups is 1. The lowest BCUT2D eigenvalue weighted by atomic mass is 9.77. The van der Waals surface area contributed by atoms with Gasteiger partial charge in [-0.05, 0) is 82.9 Å². The van der Waals surface area contributed by atoms with E-state index in [-0.39, 0.29) is 16.6 Å². The highest BCUT2D eigenvalue weighted by Crippen LogP contribution is 2.44. The molecule has 0 radical (unpaired) electrons. The molecule has 0 aromatic carbocycles. The molecule has 2 aromatic heterocycles. The van der Waals surface area contributed by atoms with Crippen LogP contribution in [0.1, 0.15) is 109 Å². The maximum Gasteiger partial charge on any atom is 0.184 e. The van der Waals surface area contributed by atoms with Gasteiger partial charge < -0.3 is 20.1 Å². The molecule has 182 valence electrons. The minimum Gasteiger partial charge on any atom is -0.370 e. The molecule has 0 saturated carbocycles. The Hall–Kier alpha value is -2.69. The van der Waals surface area contributed by atoms with Gasteiger partial charge in [-0.3, -0.25) is 4.98 Å². The van der Waals surface area contributed by atoms with Crippen LogP contribution in [0.3, 0.4) is 0 Å². The minimum absolute atomic E-state index is 0.215. The summed E-state index contributed by atoms with van der Waals surface area (Å²) >= 11 is 0. The third-order valence-electron chi connectivity index (χ3n) is 6.91. The number of aromatic nitrogens is 3. The van der Waals surface area contributed by atoms with Gasteiger partial charge in [0.05, 0.1) is 28.8 Å². The van der Waals surface area contributed by atoms with E-state index >= 15 is 0 Å². The molecule has 1 fully saturated rings. The molecule has 1 atom stereocenters. The van der Waals surface area contributed by atoms with Gasteiger partial charge in [-0.25, -0.2) is 4.98 Å². The highest BCUT2D eigenvalue weighted by molar-refractivity contribution is 5.74. The molecule has 0 bridgehead atoms. The molecule has 3 N–H and O–H groups in total. The molecular weight excluding hydrogens is 426 g/mol. The highest BCUT2D eigenvalue weighted by Gasteiger charge is 2.40. The number of nitrogens with zero attached hydrogens (tertiary/aromatic N) is 3. The van der Waals surface area contributed by atoms with E-state index in [0.717, 1.165) is 49.2 Å². The van der Waals surface area contributed by atoms with Gasteiger partial charge >= 0.3 is 0 Å². The van der Waals surface area contributed by atoms with Gasteiger partial charge in [0.1, 0.15) is 11.8 Å². The smallest absolute Gasteiger partial charge is 0.184 e. The first-order chi connectivity index (χ1) is 15.9. The number of pyridine rings is 1. The SMILES string of the molecule is CC1(C)CC=C(c2nc(C3CC(C)(C)OC(C)(C)C3)ccc2NC(O)c2ncc(C#N)[nH]2)CC1. The fourth-order valence-corrected chi connectivity index (χ4v) is 5.40. The highest BCUT2D eigenvalue weighted by atomic mass is 16.5. The Labute approximate surface area is 202 Å². The average Bonchev–Trinajstić information content (AvgIpc) is 3.21. The number of hydrogen-bond acceptors (Lipinski definition) is 6. The van der Waals surface area contributed by atoms with Crippen molar-refractivity contribution in [2.24, 2.45) is 5.41 Å². The summed E-state index contributed by atoms with van der Waals surface area (Å²) in [7, 11) is 0. The summed E-state index contributed by atoms with van der Waals surface area (Å²) in [4.78, 5) is 12.2. The van der Waals surface area contributed by atoms with Crippen molar-refractivity contribution in [3.05, 3.63) is 47.3 Å². The number of nitriles is 1. The van der Waals surface area contributed by atoms with Crippen LogP contribution < -0.4 is 5.32 Å². The van der Waals surface area contributed by atoms with Gasteiger partial charge in [0.25, 0.3) is 0 Å². The standard InChI is InChI=1S/C27H37N5O2/c1-25(2)11-9-17(10-12-25)22-21(32-24(33)23-29-16-19(15-28)30-23)8-7-20(31-22)18-13-26(3,4)34-27(5,6)14-18/h7-9,16,18,24,32-33H,10-14H2,1-6H3,(H,29,30). The monoisotopic (exact) mass is 463 g/mol. The van der Waals surface area contributed by atoms with Crippen molar-refractivity contribution in [1.82, 2.24) is 15.0 Å². The molecule has 1 aliphatic carbocycles. The van der Waals surface area contributed by atoms with E-state index in [1.807, 2.05) is 12.1 Å². The van der Waals surface area contributed by atoms with Gasteiger partial charge in [0.15, 0.2) is 12.1 Å². The van der Waals surface area contributed by atoms with Crippen molar-refractivity contribution in [3.8, 4) is 6.07 Å². The molecule has 4 rings (SSSR count). The Morgan fingerprint density at radius 2 is 1.88 bits per heavy atom. The summed E-state index contributed by atoms with van der Waals surface area (Å²) in [5.41, 5.74) is 4.09. The van der Waals surface area contributed by atoms with Gasteiger partial charge in [-0.2, -0.15) is 5.26 Å². The molecule has 2 aromatic rings. The van der Waals surface area contributed by atoms with Gasteiger partial charge in [-0.1, -0.05) is 19.9 Å². The van der Waals surface area contributed by atoms with Crippen LogP contribution in [0.5, 0.6) is 0 Å². The summed E-state index contributed by atoms with van der Waals surface area (Å²) in [6.45, 7) is 13.2. The average molecular weight is 464 g/mol. The first kappa shape index (κ1) is 24.4. The molecule has 1 unspecified atom stereocenters. The van der Waals surface area contributed by atoms with Gasteiger partial charge in [-0.15, -0.1) is 0 Å². The number of anilines is 1. The number of nitrogens with one attached hydrogen (secondary N) is 2. The molecule has 7 heteroatoms. The Balaban J connectivity index is 1.69. The molecule has 0 amide bonds. The maximum atomic E-state index is 10.8. The van der Waals surface area contributed by atoms with Crippen molar-refractivity contribution in [3.63, 3.8) is 0 Å². The molecule has 1 aliphatic heterocycles. The molecule has 2 aliphatic rings. The van der Waals surface area contributed by atoms with Gasteiger partial charge in [0.2, 0.25) is 0 Å². The summed E-state index contributed by atoms with van der Waals surface area (Å²) in [6, 6.07) is 6.09. The molecule has 7 nitrogen and oxygen atoms in total. The normalized spacial score (nSPS) is 22.5. The lowest BCUT2D eigenvalue weighted by Gasteiger charge is -2.45. The van der Waals surface area contributed by atoms with Crippen LogP contribution in [0.2, 0.25) is 0 Å². The Morgan fingerprint density at radius 1 is 1.18 bits per heavy atom. The van der Waals surface area contributed by atoms with Crippen LogP contribution >= 0.6 is 0 Å². The fourth-order valence-electron chi connectivity index (χ4n) is 5.40. The topological polar surface area (TPSA) is 107 Å². The predicted molar refractivity (Wildman–Crippen MR) is 133 cm³/mol. The van der Waals surface area contributed by atoms with Crippen LogP contribution in [0, 0.1) is 16.7 Å². The molecule has 34 heavy (non-hydrogen) atoms. The number of aromatic amines is 1. The fraction of sp³-hybridized carbons (Fsp3) is 0.593. The van der Waals surface area contributed by atoms with Crippen molar-refractivity contribution >= 4 is 11.3 Å². The summed E-state index contributed by atoms with van der Waals surface area (Å²) < 4.78 is 6.30. The summed E-state index contributed by atoms with van der Waals surface area (Å²) in [5, 5.41) is 23.0. The van der Waals surface area contributed by atoms with E-state index in [1.165, 1.54) is 11.8 Å². The van der Waals surface area contributed by atoms with E-state index in [1.54, 1.807) is 0 Å². The molecule has 3 heterocycles. The van der Waals surface area contributed by atoms with E-state index in [9.17, 15) is 5.11 Å². The van der Waals surface area contributed by atoms with Crippen LogP contribution in [0.25, 0.3) is 5.57 Å². The quantitative estimate of drug-likeness (QED) is 0.482. The number of allylic oxidation sites excluding steroid dienone is 2. The van der Waals surface area contributed by atoms with Gasteiger partial charge in [0, 0.05) is 11.6 Å². The molecule has 0 spiro atoms. The third-order valence-corrected chi connectivity index (χ3v) is 6.91.